The Kier molecular flexibility index (Phi) is 3.36. The van der Waals surface area contributed by atoms with Gasteiger partial charge in [-0.05, 0) is 48.4 Å². The fourth-order valence-corrected chi connectivity index (χ4v) is 3.19. The molecular formula is C19H17N3O2. The zero-order valence-electron chi connectivity index (χ0n) is 13.2. The second-order valence-corrected chi connectivity index (χ2v) is 5.93. The molecule has 1 aromatic heterocycles. The second kappa shape index (κ2) is 5.54. The highest BCUT2D eigenvalue weighted by molar-refractivity contribution is 5.94. The molecule has 5 nitrogen and oxygen atoms in total. The molecule has 24 heavy (non-hydrogen) atoms. The molecule has 0 fully saturated rings. The first-order chi connectivity index (χ1) is 11.7. The van der Waals surface area contributed by atoms with Gasteiger partial charge >= 0.3 is 0 Å². The number of fused-ring (bicyclic) bond motifs is 3. The fraction of sp³-hybridized carbons (Fsp3) is 0.105. The SMILES string of the molecule is CC1c2[nH]c3ccc(-c4cccc(NC=O)c4)cc3c2C=CN1O. The number of aromatic nitrogens is 1. The van der Waals surface area contributed by atoms with Crippen LogP contribution in [0.4, 0.5) is 5.69 Å². The van der Waals surface area contributed by atoms with Gasteiger partial charge in [-0.25, -0.2) is 0 Å². The number of benzene rings is 2. The Bertz CT molecular complexity index is 958. The molecule has 1 aliphatic rings. The third-order valence-corrected chi connectivity index (χ3v) is 4.50. The van der Waals surface area contributed by atoms with Crippen LogP contribution in [-0.2, 0) is 4.79 Å². The van der Waals surface area contributed by atoms with E-state index in [1.54, 1.807) is 6.20 Å². The average Bonchev–Trinajstić information content (AvgIpc) is 2.97. The van der Waals surface area contributed by atoms with E-state index in [9.17, 15) is 10.0 Å². The summed E-state index contributed by atoms with van der Waals surface area (Å²) in [5, 5.41) is 14.9. The summed E-state index contributed by atoms with van der Waals surface area (Å²) in [6.07, 6.45) is 4.28. The van der Waals surface area contributed by atoms with Crippen molar-refractivity contribution < 1.29 is 10.0 Å². The lowest BCUT2D eigenvalue weighted by molar-refractivity contribution is -0.105. The summed E-state index contributed by atoms with van der Waals surface area (Å²) >= 11 is 0. The minimum absolute atomic E-state index is 0.110. The first kappa shape index (κ1) is 14.5. The lowest BCUT2D eigenvalue weighted by Crippen LogP contribution is -2.20. The third-order valence-electron chi connectivity index (χ3n) is 4.50. The highest BCUT2D eigenvalue weighted by Crippen LogP contribution is 2.36. The van der Waals surface area contributed by atoms with Crippen LogP contribution in [0.2, 0.25) is 0 Å². The minimum atomic E-state index is -0.110. The maximum Gasteiger partial charge on any atom is 0.211 e. The summed E-state index contributed by atoms with van der Waals surface area (Å²) in [5.41, 5.74) is 6.03. The molecule has 1 aliphatic heterocycles. The fourth-order valence-electron chi connectivity index (χ4n) is 3.19. The summed E-state index contributed by atoms with van der Waals surface area (Å²) in [5.74, 6) is 0. The smallest absolute Gasteiger partial charge is 0.211 e. The topological polar surface area (TPSA) is 68.4 Å². The predicted molar refractivity (Wildman–Crippen MR) is 94.5 cm³/mol. The minimum Gasteiger partial charge on any atom is -0.356 e. The molecule has 4 rings (SSSR count). The van der Waals surface area contributed by atoms with Gasteiger partial charge in [-0.15, -0.1) is 0 Å². The van der Waals surface area contributed by atoms with Gasteiger partial charge in [-0.3, -0.25) is 15.1 Å². The molecule has 0 saturated carbocycles. The monoisotopic (exact) mass is 319 g/mol. The molecule has 2 heterocycles. The van der Waals surface area contributed by atoms with Gasteiger partial charge in [0.05, 0.1) is 6.04 Å². The van der Waals surface area contributed by atoms with Crippen LogP contribution in [0.3, 0.4) is 0 Å². The number of nitrogens with one attached hydrogen (secondary N) is 2. The van der Waals surface area contributed by atoms with Crippen molar-refractivity contribution in [3.8, 4) is 11.1 Å². The predicted octanol–water partition coefficient (Wildman–Crippen LogP) is 4.14. The number of H-pyrrole nitrogens is 1. The van der Waals surface area contributed by atoms with Crippen molar-refractivity contribution in [3.05, 3.63) is 59.9 Å². The van der Waals surface area contributed by atoms with E-state index in [1.807, 2.05) is 43.3 Å². The van der Waals surface area contributed by atoms with Crippen molar-refractivity contribution >= 4 is 29.1 Å². The molecular weight excluding hydrogens is 302 g/mol. The summed E-state index contributed by atoms with van der Waals surface area (Å²) < 4.78 is 0. The Labute approximate surface area is 139 Å². The number of hydroxylamine groups is 2. The van der Waals surface area contributed by atoms with E-state index in [4.69, 9.17) is 0 Å². The number of rotatable bonds is 3. The third kappa shape index (κ3) is 2.26. The van der Waals surface area contributed by atoms with Gasteiger partial charge in [0.1, 0.15) is 0 Å². The van der Waals surface area contributed by atoms with E-state index in [0.29, 0.717) is 6.41 Å². The van der Waals surface area contributed by atoms with Crippen molar-refractivity contribution in [2.45, 2.75) is 13.0 Å². The number of anilines is 1. The maximum absolute atomic E-state index is 10.6. The summed E-state index contributed by atoms with van der Waals surface area (Å²) in [4.78, 5) is 14.0. The normalized spacial score (nSPS) is 16.2. The highest BCUT2D eigenvalue weighted by Gasteiger charge is 2.22. The lowest BCUT2D eigenvalue weighted by Gasteiger charge is -2.24. The number of aromatic amines is 1. The number of hydrogen-bond donors (Lipinski definition) is 3. The molecule has 0 radical (unpaired) electrons. The Balaban J connectivity index is 1.84. The Morgan fingerprint density at radius 2 is 2.04 bits per heavy atom. The second-order valence-electron chi connectivity index (χ2n) is 5.93. The van der Waals surface area contributed by atoms with E-state index in [2.05, 4.69) is 22.4 Å². The lowest BCUT2D eigenvalue weighted by atomic mass is 9.99. The highest BCUT2D eigenvalue weighted by atomic mass is 16.5. The Morgan fingerprint density at radius 1 is 1.21 bits per heavy atom. The van der Waals surface area contributed by atoms with Crippen LogP contribution >= 0.6 is 0 Å². The molecule has 0 spiro atoms. The number of carbonyl (C=O) groups excluding carboxylic acids is 1. The van der Waals surface area contributed by atoms with Crippen LogP contribution in [-0.4, -0.2) is 21.7 Å². The quantitative estimate of drug-likeness (QED) is 0.636. The van der Waals surface area contributed by atoms with Crippen LogP contribution in [0.5, 0.6) is 0 Å². The Morgan fingerprint density at radius 3 is 2.88 bits per heavy atom. The van der Waals surface area contributed by atoms with Gasteiger partial charge in [0.15, 0.2) is 0 Å². The van der Waals surface area contributed by atoms with Crippen molar-refractivity contribution in [1.82, 2.24) is 10.0 Å². The van der Waals surface area contributed by atoms with Gasteiger partial charge in [0.25, 0.3) is 0 Å². The molecule has 0 bridgehead atoms. The standard InChI is InChI=1S/C19H17N3O2/c1-12-19-16(7-8-22(12)24)17-10-14(5-6-18(17)21-19)13-3-2-4-15(9-13)20-11-23/h2-12,21,24H,1H3,(H,20,23). The maximum atomic E-state index is 10.6. The van der Waals surface area contributed by atoms with Crippen LogP contribution < -0.4 is 5.32 Å². The number of hydrogen-bond acceptors (Lipinski definition) is 3. The Hall–Kier alpha value is -3.05. The van der Waals surface area contributed by atoms with E-state index in [-0.39, 0.29) is 6.04 Å². The molecule has 1 atom stereocenters. The van der Waals surface area contributed by atoms with Gasteiger partial charge in [0, 0.05) is 34.0 Å². The van der Waals surface area contributed by atoms with Crippen molar-refractivity contribution in [2.24, 2.45) is 0 Å². The van der Waals surface area contributed by atoms with E-state index in [0.717, 1.165) is 39.0 Å². The van der Waals surface area contributed by atoms with Crippen LogP contribution in [0.25, 0.3) is 28.1 Å². The molecule has 2 aromatic carbocycles. The molecule has 120 valence electrons. The average molecular weight is 319 g/mol. The van der Waals surface area contributed by atoms with E-state index < -0.39 is 0 Å². The molecule has 1 unspecified atom stereocenters. The summed E-state index contributed by atoms with van der Waals surface area (Å²) in [7, 11) is 0. The largest absolute Gasteiger partial charge is 0.356 e. The van der Waals surface area contributed by atoms with Gasteiger partial charge in [0.2, 0.25) is 6.41 Å². The molecule has 1 amide bonds. The van der Waals surface area contributed by atoms with E-state index in [1.165, 1.54) is 5.06 Å². The number of carbonyl (C=O) groups is 1. The van der Waals surface area contributed by atoms with E-state index >= 15 is 0 Å². The molecule has 3 N–H and O–H groups in total. The molecule has 0 saturated heterocycles. The number of amides is 1. The zero-order valence-corrected chi connectivity index (χ0v) is 13.2. The van der Waals surface area contributed by atoms with Crippen molar-refractivity contribution in [3.63, 3.8) is 0 Å². The molecule has 0 aliphatic carbocycles. The van der Waals surface area contributed by atoms with Gasteiger partial charge in [-0.2, -0.15) is 0 Å². The zero-order chi connectivity index (χ0) is 16.7. The van der Waals surface area contributed by atoms with Crippen molar-refractivity contribution in [2.75, 3.05) is 5.32 Å². The van der Waals surface area contributed by atoms with Crippen molar-refractivity contribution in [1.29, 1.82) is 0 Å². The first-order valence-corrected chi connectivity index (χ1v) is 7.79. The summed E-state index contributed by atoms with van der Waals surface area (Å²) in [6, 6.07) is 13.9. The van der Waals surface area contributed by atoms with Crippen LogP contribution in [0, 0.1) is 0 Å². The number of nitrogens with zero attached hydrogens (tertiary/aromatic N) is 1. The van der Waals surface area contributed by atoms with Gasteiger partial charge in [-0.1, -0.05) is 18.2 Å². The van der Waals surface area contributed by atoms with Crippen LogP contribution in [0.1, 0.15) is 24.2 Å². The molecule has 3 aromatic rings. The first-order valence-electron chi connectivity index (χ1n) is 7.79. The van der Waals surface area contributed by atoms with Crippen LogP contribution in [0.15, 0.2) is 48.7 Å². The van der Waals surface area contributed by atoms with Gasteiger partial charge < -0.3 is 10.3 Å². The summed E-state index contributed by atoms with van der Waals surface area (Å²) in [6.45, 7) is 1.95. The molecule has 5 heteroatoms.